The molecule has 2 amide bonds. The van der Waals surface area contributed by atoms with Crippen molar-refractivity contribution >= 4 is 35.8 Å². The molecule has 3 heterocycles. The molecule has 0 radical (unpaired) electrons. The Morgan fingerprint density at radius 1 is 1.02 bits per heavy atom. The van der Waals surface area contributed by atoms with E-state index in [9.17, 15) is 42.3 Å². The van der Waals surface area contributed by atoms with Gasteiger partial charge in [0.2, 0.25) is 11.8 Å². The second kappa shape index (κ2) is 21.1. The molecule has 1 saturated carbocycles. The zero-order valence-corrected chi connectivity index (χ0v) is 36.3. The summed E-state index contributed by atoms with van der Waals surface area (Å²) in [5, 5.41) is 16.8. The first kappa shape index (κ1) is 48.9. The number of hydrogen-bond acceptors (Lipinski definition) is 13. The maximum absolute atomic E-state index is 14.7. The van der Waals surface area contributed by atoms with Crippen LogP contribution in [0.1, 0.15) is 123 Å². The summed E-state index contributed by atoms with van der Waals surface area (Å²) in [6, 6.07) is 4.69. The molecule has 18 heteroatoms. The minimum atomic E-state index is -4.67. The molecule has 1 aromatic carbocycles. The van der Waals surface area contributed by atoms with Crippen LogP contribution in [0.15, 0.2) is 30.3 Å². The van der Waals surface area contributed by atoms with Crippen molar-refractivity contribution in [1.82, 2.24) is 15.7 Å². The van der Waals surface area contributed by atoms with Gasteiger partial charge >= 0.3 is 24.1 Å². The van der Waals surface area contributed by atoms with E-state index < -0.39 is 102 Å². The number of esters is 3. The van der Waals surface area contributed by atoms with Crippen LogP contribution < -0.4 is 10.6 Å². The van der Waals surface area contributed by atoms with Gasteiger partial charge in [-0.2, -0.15) is 18.2 Å². The third-order valence-electron chi connectivity index (χ3n) is 11.4. The number of benzene rings is 1. The van der Waals surface area contributed by atoms with Gasteiger partial charge < -0.3 is 39.4 Å². The molecule has 3 saturated heterocycles. The minimum Gasteiger partial charge on any atom is -0.460 e. The fourth-order valence-electron chi connectivity index (χ4n) is 8.69. The van der Waals surface area contributed by atoms with Gasteiger partial charge in [-0.3, -0.25) is 24.0 Å². The number of rotatable bonds is 22. The largest absolute Gasteiger partial charge is 0.460 e. The van der Waals surface area contributed by atoms with Gasteiger partial charge in [0.25, 0.3) is 0 Å². The van der Waals surface area contributed by atoms with Crippen molar-refractivity contribution in [1.29, 1.82) is 0 Å². The van der Waals surface area contributed by atoms with Crippen molar-refractivity contribution in [3.63, 3.8) is 0 Å². The summed E-state index contributed by atoms with van der Waals surface area (Å²) in [6.45, 7) is 7.12. The van der Waals surface area contributed by atoms with Crippen LogP contribution in [0.2, 0.25) is 0 Å². The second-order valence-corrected chi connectivity index (χ2v) is 17.6. The molecule has 7 atom stereocenters. The van der Waals surface area contributed by atoms with Gasteiger partial charge in [-0.25, -0.2) is 4.79 Å². The van der Waals surface area contributed by atoms with E-state index in [2.05, 4.69) is 29.2 Å². The van der Waals surface area contributed by atoms with Crippen LogP contribution in [-0.2, 0) is 59.0 Å². The van der Waals surface area contributed by atoms with E-state index in [1.807, 2.05) is 0 Å². The van der Waals surface area contributed by atoms with Gasteiger partial charge in [0.1, 0.15) is 35.4 Å². The predicted molar refractivity (Wildman–Crippen MR) is 216 cm³/mol. The van der Waals surface area contributed by atoms with Crippen molar-refractivity contribution in [2.45, 2.75) is 172 Å². The van der Waals surface area contributed by atoms with Crippen molar-refractivity contribution in [3.8, 4) is 0 Å². The number of alkyl halides is 3. The molecule has 5 rings (SSSR count). The molecular formula is C44H62F3N3O12. The van der Waals surface area contributed by atoms with Crippen LogP contribution in [-0.4, -0.2) is 114 Å². The molecule has 0 aromatic heterocycles. The summed E-state index contributed by atoms with van der Waals surface area (Å²) in [6.07, 6.45) is 0.876. The maximum atomic E-state index is 14.7. The lowest BCUT2D eigenvalue weighted by molar-refractivity contribution is -0.224. The van der Waals surface area contributed by atoms with Crippen LogP contribution in [0.4, 0.5) is 13.2 Å². The maximum Gasteiger partial charge on any atom is 0.422 e. The lowest BCUT2D eigenvalue weighted by atomic mass is 9.62. The summed E-state index contributed by atoms with van der Waals surface area (Å²) < 4.78 is 67.0. The van der Waals surface area contributed by atoms with Crippen LogP contribution >= 0.6 is 0 Å². The quantitative estimate of drug-likeness (QED) is 0.0586. The summed E-state index contributed by atoms with van der Waals surface area (Å²) in [4.78, 5) is 72.7. The van der Waals surface area contributed by atoms with E-state index in [1.54, 1.807) is 45.0 Å². The Balaban J connectivity index is 1.36. The molecule has 2 bridgehead atoms. The molecule has 3 N–H and O–H groups in total. The summed E-state index contributed by atoms with van der Waals surface area (Å²) >= 11 is 0. The number of hydrogen-bond donors (Lipinski definition) is 3. The number of hydroxylamine groups is 2. The van der Waals surface area contributed by atoms with E-state index in [0.717, 1.165) is 44.6 Å². The Morgan fingerprint density at radius 3 is 2.35 bits per heavy atom. The van der Waals surface area contributed by atoms with Gasteiger partial charge in [-0.05, 0) is 57.2 Å². The molecule has 346 valence electrons. The SMILES string of the molecule is CCCCCC1(CCCCC)O[C@@H]2[C@H](O1)[C@H]1ON(Cc3cccc(C=CC(=O)OCC(F)(F)F)c3)[C@H]3C(=O)O[C@@H]2C[C@@]13C(=O)NCCC(=O)N[C@H](CO)CCC(=O)OC(C)(C)C. The highest BCUT2D eigenvalue weighted by Crippen LogP contribution is 2.58. The molecule has 1 aromatic rings. The van der Waals surface area contributed by atoms with E-state index >= 15 is 0 Å². The van der Waals surface area contributed by atoms with Gasteiger partial charge in [-0.15, -0.1) is 0 Å². The lowest BCUT2D eigenvalue weighted by Crippen LogP contribution is -2.69. The number of nitrogens with zero attached hydrogens (tertiary/aromatic N) is 1. The summed E-state index contributed by atoms with van der Waals surface area (Å²) in [5.74, 6) is -4.35. The number of aliphatic hydroxyl groups excluding tert-OH is 1. The highest BCUT2D eigenvalue weighted by molar-refractivity contribution is 5.94. The van der Waals surface area contributed by atoms with Crippen LogP contribution in [0.5, 0.6) is 0 Å². The first-order chi connectivity index (χ1) is 29.3. The van der Waals surface area contributed by atoms with Crippen molar-refractivity contribution in [2.75, 3.05) is 19.8 Å². The number of nitrogens with one attached hydrogen (secondary N) is 2. The third kappa shape index (κ3) is 12.5. The van der Waals surface area contributed by atoms with Crippen molar-refractivity contribution in [2.24, 2.45) is 5.41 Å². The average Bonchev–Trinajstić information content (AvgIpc) is 3.75. The Kier molecular flexibility index (Phi) is 16.6. The highest BCUT2D eigenvalue weighted by Gasteiger charge is 2.76. The van der Waals surface area contributed by atoms with E-state index in [1.165, 1.54) is 11.1 Å². The van der Waals surface area contributed by atoms with E-state index in [0.29, 0.717) is 24.0 Å². The number of amides is 2. The summed E-state index contributed by atoms with van der Waals surface area (Å²) in [7, 11) is 0. The number of unbranched alkanes of at least 4 members (excludes halogenated alkanes) is 4. The number of aliphatic hydroxyl groups is 1. The molecule has 4 fully saturated rings. The Morgan fingerprint density at radius 2 is 1.71 bits per heavy atom. The van der Waals surface area contributed by atoms with Crippen molar-refractivity contribution in [3.05, 3.63) is 41.5 Å². The standard InChI is InChI=1S/C44H62F3N3O12/c1-6-8-10-20-42(21-11-9-7-2)60-35-31-24-43(40(56)48-22-19-32(52)49-30(26-51)16-18-34(54)59-41(3,4)5)37(39(55)58-31)50(62-38(43)36(35)61-42)25-29-14-12-13-28(23-29)15-17-33(53)57-27-44(45,46)47/h12-15,17,23,30-31,35-38,51H,6-11,16,18-22,24-27H2,1-5H3,(H,48,56)(H,49,52)/t30-,31+,35-,36-,37-,38+,43-/m0/s1. The molecule has 1 aliphatic carbocycles. The molecule has 62 heavy (non-hydrogen) atoms. The Bertz CT molecular complexity index is 1760. The van der Waals surface area contributed by atoms with Gasteiger partial charge in [0, 0.05) is 44.7 Å². The molecule has 0 spiro atoms. The predicted octanol–water partition coefficient (Wildman–Crippen LogP) is 5.35. The molecule has 3 aliphatic heterocycles. The second-order valence-electron chi connectivity index (χ2n) is 17.6. The molecule has 15 nitrogen and oxygen atoms in total. The lowest BCUT2D eigenvalue weighted by Gasteiger charge is -2.48. The topological polar surface area (TPSA) is 188 Å². The van der Waals surface area contributed by atoms with Crippen LogP contribution in [0.3, 0.4) is 0 Å². The van der Waals surface area contributed by atoms with Crippen molar-refractivity contribution < 1.29 is 70.8 Å². The molecule has 4 aliphatic rings. The van der Waals surface area contributed by atoms with E-state index in [4.69, 9.17) is 23.8 Å². The summed E-state index contributed by atoms with van der Waals surface area (Å²) in [5.41, 5.74) is -1.19. The number of fused-ring (bicyclic) bond motifs is 4. The first-order valence-corrected chi connectivity index (χ1v) is 21.7. The zero-order valence-electron chi connectivity index (χ0n) is 36.3. The monoisotopic (exact) mass is 881 g/mol. The fraction of sp³-hybridized carbons (Fsp3) is 0.705. The smallest absolute Gasteiger partial charge is 0.422 e. The zero-order chi connectivity index (χ0) is 45.3. The molecular weight excluding hydrogens is 819 g/mol. The number of carbonyl (C=O) groups excluding carboxylic acids is 5. The number of carbonyl (C=O) groups is 5. The number of ether oxygens (including phenoxy) is 5. The number of halogens is 3. The minimum absolute atomic E-state index is 0.0218. The van der Waals surface area contributed by atoms with Crippen LogP contribution in [0.25, 0.3) is 6.08 Å². The average molecular weight is 882 g/mol. The van der Waals surface area contributed by atoms with Crippen LogP contribution in [0, 0.1) is 5.41 Å². The van der Waals surface area contributed by atoms with Gasteiger partial charge in [0.05, 0.1) is 19.2 Å². The normalized spacial score (nSPS) is 25.8. The van der Waals surface area contributed by atoms with Gasteiger partial charge in [0.15, 0.2) is 18.4 Å². The van der Waals surface area contributed by atoms with Gasteiger partial charge in [-0.1, -0.05) is 63.8 Å². The first-order valence-electron chi connectivity index (χ1n) is 21.7. The Labute approximate surface area is 360 Å². The fourth-order valence-corrected chi connectivity index (χ4v) is 8.69. The third-order valence-corrected chi connectivity index (χ3v) is 11.4. The van der Waals surface area contributed by atoms with E-state index in [-0.39, 0.29) is 38.8 Å². The Hall–Kier alpha value is -4.10. The molecule has 0 unspecified atom stereocenters. The highest BCUT2D eigenvalue weighted by atomic mass is 19.4.